The van der Waals surface area contributed by atoms with E-state index < -0.39 is 0 Å². The molecule has 0 amide bonds. The third kappa shape index (κ3) is 3.08. The molecule has 2 rings (SSSR count). The first-order valence-corrected chi connectivity index (χ1v) is 6.15. The molecule has 0 aromatic carbocycles. The van der Waals surface area contributed by atoms with Crippen molar-refractivity contribution in [2.24, 2.45) is 5.73 Å². The molecule has 7 heteroatoms. The van der Waals surface area contributed by atoms with Crippen LogP contribution in [0.5, 0.6) is 0 Å². The molecule has 94 valence electrons. The maximum Gasteiger partial charge on any atom is 0.196 e. The summed E-state index contributed by atoms with van der Waals surface area (Å²) in [5.74, 6) is 0.704. The van der Waals surface area contributed by atoms with Gasteiger partial charge in [-0.1, -0.05) is 0 Å². The van der Waals surface area contributed by atoms with Crippen molar-refractivity contribution in [1.82, 2.24) is 15.0 Å². The van der Waals surface area contributed by atoms with Gasteiger partial charge < -0.3 is 17.2 Å². The van der Waals surface area contributed by atoms with Gasteiger partial charge in [0.2, 0.25) is 0 Å². The Morgan fingerprint density at radius 3 is 2.33 bits per heavy atom. The first kappa shape index (κ1) is 12.6. The molecular formula is C11H14N6S. The fraction of sp³-hybridized carbons (Fsp3) is 0.182. The minimum Gasteiger partial charge on any atom is -0.383 e. The first-order valence-electron chi connectivity index (χ1n) is 5.34. The van der Waals surface area contributed by atoms with Gasteiger partial charge in [0.25, 0.3) is 0 Å². The van der Waals surface area contributed by atoms with E-state index in [-0.39, 0.29) is 6.04 Å². The number of hydrogen-bond acceptors (Lipinski definition) is 7. The fourth-order valence-electron chi connectivity index (χ4n) is 1.33. The van der Waals surface area contributed by atoms with Gasteiger partial charge in [0, 0.05) is 23.2 Å². The summed E-state index contributed by atoms with van der Waals surface area (Å²) in [5.41, 5.74) is 17.8. The van der Waals surface area contributed by atoms with Crippen molar-refractivity contribution < 1.29 is 0 Å². The highest BCUT2D eigenvalue weighted by Gasteiger charge is 2.05. The molecule has 0 aliphatic rings. The second-order valence-electron chi connectivity index (χ2n) is 3.81. The quantitative estimate of drug-likeness (QED) is 0.711. The minimum absolute atomic E-state index is 0.0803. The van der Waals surface area contributed by atoms with E-state index in [9.17, 15) is 0 Å². The van der Waals surface area contributed by atoms with E-state index in [0.717, 1.165) is 10.6 Å². The summed E-state index contributed by atoms with van der Waals surface area (Å²) in [6, 6.07) is 5.23. The van der Waals surface area contributed by atoms with E-state index in [1.165, 1.54) is 17.8 Å². The lowest BCUT2D eigenvalue weighted by Crippen LogP contribution is -2.06. The number of aromatic nitrogens is 3. The van der Waals surface area contributed by atoms with Gasteiger partial charge in [0.15, 0.2) is 5.16 Å². The van der Waals surface area contributed by atoms with Crippen molar-refractivity contribution >= 4 is 23.4 Å². The second kappa shape index (κ2) is 5.19. The highest BCUT2D eigenvalue weighted by atomic mass is 32.2. The summed E-state index contributed by atoms with van der Waals surface area (Å²) >= 11 is 1.35. The Labute approximate surface area is 109 Å². The lowest BCUT2D eigenvalue weighted by molar-refractivity contribution is 0.777. The maximum absolute atomic E-state index is 5.73. The van der Waals surface area contributed by atoms with E-state index in [4.69, 9.17) is 17.2 Å². The first-order chi connectivity index (χ1) is 8.54. The molecule has 0 saturated heterocycles. The van der Waals surface area contributed by atoms with E-state index >= 15 is 0 Å². The van der Waals surface area contributed by atoms with Gasteiger partial charge in [0.05, 0.1) is 5.69 Å². The van der Waals surface area contributed by atoms with Crippen molar-refractivity contribution in [1.29, 1.82) is 0 Å². The highest BCUT2D eigenvalue weighted by Crippen LogP contribution is 2.25. The Hall–Kier alpha value is -1.86. The van der Waals surface area contributed by atoms with E-state index in [2.05, 4.69) is 15.0 Å². The normalized spacial score (nSPS) is 12.3. The molecule has 0 aliphatic heterocycles. The molecule has 2 aromatic heterocycles. The summed E-state index contributed by atoms with van der Waals surface area (Å²) in [7, 11) is 0. The van der Waals surface area contributed by atoms with Crippen molar-refractivity contribution in [3.63, 3.8) is 0 Å². The lowest BCUT2D eigenvalue weighted by atomic mass is 10.2. The van der Waals surface area contributed by atoms with Crippen LogP contribution in [0.3, 0.4) is 0 Å². The van der Waals surface area contributed by atoms with Crippen LogP contribution >= 0.6 is 11.8 Å². The van der Waals surface area contributed by atoms with Crippen LogP contribution in [0.15, 0.2) is 34.4 Å². The summed E-state index contributed by atoms with van der Waals surface area (Å²) < 4.78 is 0. The van der Waals surface area contributed by atoms with Crippen molar-refractivity contribution in [2.75, 3.05) is 11.5 Å². The molecule has 0 spiro atoms. The average Bonchev–Trinajstić information content (AvgIpc) is 2.28. The lowest BCUT2D eigenvalue weighted by Gasteiger charge is -2.05. The van der Waals surface area contributed by atoms with Crippen LogP contribution in [-0.2, 0) is 0 Å². The summed E-state index contributed by atoms with van der Waals surface area (Å²) in [6.07, 6.45) is 1.73. The van der Waals surface area contributed by atoms with Gasteiger partial charge in [0.1, 0.15) is 11.6 Å². The molecule has 1 unspecified atom stereocenters. The Balaban J connectivity index is 2.18. The van der Waals surface area contributed by atoms with Crippen molar-refractivity contribution in [3.05, 3.63) is 30.1 Å². The fourth-order valence-corrected chi connectivity index (χ4v) is 2.09. The number of nitrogens with zero attached hydrogens (tertiary/aromatic N) is 3. The highest BCUT2D eigenvalue weighted by molar-refractivity contribution is 7.99. The second-order valence-corrected chi connectivity index (χ2v) is 4.85. The van der Waals surface area contributed by atoms with Crippen LogP contribution in [0.25, 0.3) is 0 Å². The maximum atomic E-state index is 5.73. The standard InChI is InChI=1S/C11H14N6S/c1-6(12)8-3-2-7(5-15-8)18-11-16-9(13)4-10(14)17-11/h2-6H,12H2,1H3,(H4,13,14,16,17). The topological polar surface area (TPSA) is 117 Å². The van der Waals surface area contributed by atoms with E-state index in [0.29, 0.717) is 16.8 Å². The number of hydrogen-bond donors (Lipinski definition) is 3. The Morgan fingerprint density at radius 2 is 1.83 bits per heavy atom. The van der Waals surface area contributed by atoms with Crippen LogP contribution in [0.2, 0.25) is 0 Å². The van der Waals surface area contributed by atoms with Gasteiger partial charge in [-0.2, -0.15) is 0 Å². The average molecular weight is 262 g/mol. The smallest absolute Gasteiger partial charge is 0.196 e. The Morgan fingerprint density at radius 1 is 1.17 bits per heavy atom. The largest absolute Gasteiger partial charge is 0.383 e. The predicted octanol–water partition coefficient (Wildman–Crippen LogP) is 1.21. The van der Waals surface area contributed by atoms with E-state index in [1.807, 2.05) is 19.1 Å². The molecule has 1 atom stereocenters. The van der Waals surface area contributed by atoms with Crippen LogP contribution < -0.4 is 17.2 Å². The van der Waals surface area contributed by atoms with Crippen LogP contribution in [-0.4, -0.2) is 15.0 Å². The van der Waals surface area contributed by atoms with Crippen molar-refractivity contribution in [3.8, 4) is 0 Å². The Kier molecular flexibility index (Phi) is 3.63. The molecular weight excluding hydrogens is 248 g/mol. The minimum atomic E-state index is -0.0803. The zero-order valence-corrected chi connectivity index (χ0v) is 10.7. The van der Waals surface area contributed by atoms with Gasteiger partial charge in [-0.15, -0.1) is 0 Å². The molecule has 2 heterocycles. The molecule has 0 fully saturated rings. The summed E-state index contributed by atoms with van der Waals surface area (Å²) in [5, 5.41) is 0.503. The molecule has 0 aliphatic carbocycles. The molecule has 2 aromatic rings. The summed E-state index contributed by atoms with van der Waals surface area (Å²) in [6.45, 7) is 1.89. The SMILES string of the molecule is CC(N)c1ccc(Sc2nc(N)cc(N)n2)cn1. The monoisotopic (exact) mass is 262 g/mol. The van der Waals surface area contributed by atoms with Gasteiger partial charge in [-0.3, -0.25) is 4.98 Å². The van der Waals surface area contributed by atoms with Crippen LogP contribution in [0.4, 0.5) is 11.6 Å². The molecule has 6 nitrogen and oxygen atoms in total. The van der Waals surface area contributed by atoms with Crippen LogP contribution in [0, 0.1) is 0 Å². The van der Waals surface area contributed by atoms with Gasteiger partial charge in [-0.25, -0.2) is 9.97 Å². The van der Waals surface area contributed by atoms with E-state index in [1.54, 1.807) is 6.20 Å². The van der Waals surface area contributed by atoms with Gasteiger partial charge in [-0.05, 0) is 30.8 Å². The van der Waals surface area contributed by atoms with Crippen LogP contribution in [0.1, 0.15) is 18.7 Å². The van der Waals surface area contributed by atoms with Gasteiger partial charge >= 0.3 is 0 Å². The third-order valence-electron chi connectivity index (χ3n) is 2.18. The van der Waals surface area contributed by atoms with Crippen molar-refractivity contribution in [2.45, 2.75) is 23.0 Å². The predicted molar refractivity (Wildman–Crippen MR) is 71.8 cm³/mol. The zero-order chi connectivity index (χ0) is 13.1. The zero-order valence-electron chi connectivity index (χ0n) is 9.87. The number of nitrogen functional groups attached to an aromatic ring is 2. The summed E-state index contributed by atoms with van der Waals surface area (Å²) in [4.78, 5) is 13.3. The number of nitrogens with two attached hydrogens (primary N) is 3. The molecule has 18 heavy (non-hydrogen) atoms. The number of pyridine rings is 1. The number of anilines is 2. The molecule has 0 radical (unpaired) electrons. The molecule has 0 bridgehead atoms. The number of rotatable bonds is 3. The molecule has 6 N–H and O–H groups in total. The molecule has 0 saturated carbocycles. The Bertz CT molecular complexity index is 519. The third-order valence-corrected chi connectivity index (χ3v) is 3.02.